The van der Waals surface area contributed by atoms with Crippen molar-refractivity contribution < 1.29 is 9.59 Å². The van der Waals surface area contributed by atoms with E-state index in [1.807, 2.05) is 67.9 Å². The lowest BCUT2D eigenvalue weighted by atomic mass is 10.0. The van der Waals surface area contributed by atoms with Crippen molar-refractivity contribution in [1.29, 1.82) is 0 Å². The van der Waals surface area contributed by atoms with Crippen molar-refractivity contribution in [2.45, 2.75) is 45.7 Å². The van der Waals surface area contributed by atoms with Gasteiger partial charge in [0.25, 0.3) is 5.91 Å². The maximum absolute atomic E-state index is 13.0. The van der Waals surface area contributed by atoms with Crippen LogP contribution >= 0.6 is 0 Å². The molecule has 8 nitrogen and oxygen atoms in total. The first kappa shape index (κ1) is 20.7. The molecule has 3 aromatic rings. The van der Waals surface area contributed by atoms with Crippen molar-refractivity contribution in [3.05, 3.63) is 59.7 Å². The normalized spacial score (nSPS) is 14.3. The highest BCUT2D eigenvalue weighted by atomic mass is 16.2. The van der Waals surface area contributed by atoms with Crippen molar-refractivity contribution in [2.24, 2.45) is 5.92 Å². The second kappa shape index (κ2) is 8.67. The van der Waals surface area contributed by atoms with E-state index in [0.717, 1.165) is 24.0 Å². The van der Waals surface area contributed by atoms with Gasteiger partial charge in [-0.2, -0.15) is 0 Å². The van der Waals surface area contributed by atoms with E-state index in [-0.39, 0.29) is 17.7 Å². The highest BCUT2D eigenvalue weighted by Crippen LogP contribution is 2.36. The van der Waals surface area contributed by atoms with Crippen LogP contribution in [0.15, 0.2) is 48.5 Å². The standard InChI is InChI=1S/C23H26N6O2/c1-14(2)20(25-22(30)19-10-5-4-7-15(19)3)23(31)24-17-9-6-8-16(13-17)21-26-27-28-29(21)18-11-12-18/h4-10,13-14,18,20H,11-12H2,1-3H3,(H,24,31)(H,25,30). The van der Waals surface area contributed by atoms with Gasteiger partial charge in [0.1, 0.15) is 6.04 Å². The SMILES string of the molecule is Cc1ccccc1C(=O)NC(C(=O)Nc1cccc(-c2nnnn2C2CC2)c1)C(C)C. The summed E-state index contributed by atoms with van der Waals surface area (Å²) in [6, 6.07) is 14.4. The third-order valence-electron chi connectivity index (χ3n) is 5.40. The van der Waals surface area contributed by atoms with E-state index in [4.69, 9.17) is 0 Å². The van der Waals surface area contributed by atoms with Crippen molar-refractivity contribution in [3.8, 4) is 11.4 Å². The van der Waals surface area contributed by atoms with Crippen LogP contribution in [0.2, 0.25) is 0 Å². The number of tetrazole rings is 1. The summed E-state index contributed by atoms with van der Waals surface area (Å²) in [7, 11) is 0. The number of hydrogen-bond donors (Lipinski definition) is 2. The lowest BCUT2D eigenvalue weighted by Gasteiger charge is -2.22. The molecule has 0 radical (unpaired) electrons. The van der Waals surface area contributed by atoms with E-state index < -0.39 is 6.04 Å². The third-order valence-corrected chi connectivity index (χ3v) is 5.40. The number of benzene rings is 2. The second-order valence-electron chi connectivity index (χ2n) is 8.26. The van der Waals surface area contributed by atoms with E-state index in [9.17, 15) is 9.59 Å². The van der Waals surface area contributed by atoms with Gasteiger partial charge in [-0.3, -0.25) is 9.59 Å². The molecule has 1 aliphatic rings. The molecule has 0 spiro atoms. The van der Waals surface area contributed by atoms with Crippen LogP contribution in [-0.2, 0) is 4.79 Å². The topological polar surface area (TPSA) is 102 Å². The Labute approximate surface area is 181 Å². The summed E-state index contributed by atoms with van der Waals surface area (Å²) in [4.78, 5) is 25.8. The summed E-state index contributed by atoms with van der Waals surface area (Å²) >= 11 is 0. The van der Waals surface area contributed by atoms with Crippen molar-refractivity contribution in [1.82, 2.24) is 25.5 Å². The summed E-state index contributed by atoms with van der Waals surface area (Å²) < 4.78 is 1.83. The maximum Gasteiger partial charge on any atom is 0.252 e. The fourth-order valence-corrected chi connectivity index (χ4v) is 3.49. The molecule has 1 unspecified atom stereocenters. The second-order valence-corrected chi connectivity index (χ2v) is 8.26. The predicted molar refractivity (Wildman–Crippen MR) is 117 cm³/mol. The minimum Gasteiger partial charge on any atom is -0.340 e. The number of nitrogens with one attached hydrogen (secondary N) is 2. The molecule has 0 bridgehead atoms. The Morgan fingerprint density at radius 3 is 2.58 bits per heavy atom. The highest BCUT2D eigenvalue weighted by molar-refractivity contribution is 6.02. The molecule has 0 aliphatic heterocycles. The lowest BCUT2D eigenvalue weighted by molar-refractivity contribution is -0.118. The van der Waals surface area contributed by atoms with Gasteiger partial charge in [-0.15, -0.1) is 5.10 Å². The highest BCUT2D eigenvalue weighted by Gasteiger charge is 2.29. The summed E-state index contributed by atoms with van der Waals surface area (Å²) in [5, 5.41) is 17.8. The number of aryl methyl sites for hydroxylation is 1. The van der Waals surface area contributed by atoms with Crippen LogP contribution in [-0.4, -0.2) is 38.1 Å². The Kier molecular flexibility index (Phi) is 5.79. The maximum atomic E-state index is 13.0. The number of anilines is 1. The van der Waals surface area contributed by atoms with Crippen LogP contribution in [0.5, 0.6) is 0 Å². The lowest BCUT2D eigenvalue weighted by Crippen LogP contribution is -2.47. The number of nitrogens with zero attached hydrogens (tertiary/aromatic N) is 4. The molecular weight excluding hydrogens is 392 g/mol. The molecule has 2 aromatic carbocycles. The monoisotopic (exact) mass is 418 g/mol. The first-order chi connectivity index (χ1) is 14.9. The van der Waals surface area contributed by atoms with Crippen molar-refractivity contribution >= 4 is 17.5 Å². The minimum absolute atomic E-state index is 0.0849. The Morgan fingerprint density at radius 1 is 1.10 bits per heavy atom. The van der Waals surface area contributed by atoms with Crippen LogP contribution in [0.25, 0.3) is 11.4 Å². The Morgan fingerprint density at radius 2 is 1.87 bits per heavy atom. The first-order valence-electron chi connectivity index (χ1n) is 10.5. The fourth-order valence-electron chi connectivity index (χ4n) is 3.49. The Hall–Kier alpha value is -3.55. The zero-order valence-corrected chi connectivity index (χ0v) is 17.9. The number of carbonyl (C=O) groups excluding carboxylic acids is 2. The molecule has 4 rings (SSSR count). The number of amides is 2. The molecular formula is C23H26N6O2. The third kappa shape index (κ3) is 4.63. The van der Waals surface area contributed by atoms with E-state index in [1.54, 1.807) is 6.07 Å². The molecule has 1 atom stereocenters. The molecule has 2 amide bonds. The van der Waals surface area contributed by atoms with Crippen LogP contribution in [0.1, 0.15) is 48.7 Å². The van der Waals surface area contributed by atoms with Gasteiger partial charge in [-0.05, 0) is 59.9 Å². The van der Waals surface area contributed by atoms with Crippen LogP contribution in [0.4, 0.5) is 5.69 Å². The number of rotatable bonds is 7. The predicted octanol–water partition coefficient (Wildman–Crippen LogP) is 3.38. The zero-order chi connectivity index (χ0) is 22.0. The molecule has 1 heterocycles. The fraction of sp³-hybridized carbons (Fsp3) is 0.348. The van der Waals surface area contributed by atoms with Gasteiger partial charge in [-0.25, -0.2) is 4.68 Å². The summed E-state index contributed by atoms with van der Waals surface area (Å²) in [5.74, 6) is 0.0744. The molecule has 0 saturated heterocycles. The van der Waals surface area contributed by atoms with Crippen LogP contribution in [0.3, 0.4) is 0 Å². The largest absolute Gasteiger partial charge is 0.340 e. The quantitative estimate of drug-likeness (QED) is 0.612. The van der Waals surface area contributed by atoms with Crippen LogP contribution in [0, 0.1) is 12.8 Å². The number of carbonyl (C=O) groups is 2. The molecule has 31 heavy (non-hydrogen) atoms. The van der Waals surface area contributed by atoms with Gasteiger partial charge in [0.2, 0.25) is 5.91 Å². The van der Waals surface area contributed by atoms with Gasteiger partial charge in [-0.1, -0.05) is 44.2 Å². The Balaban J connectivity index is 1.50. The van der Waals surface area contributed by atoms with Crippen molar-refractivity contribution in [3.63, 3.8) is 0 Å². The van der Waals surface area contributed by atoms with Gasteiger partial charge < -0.3 is 10.6 Å². The molecule has 1 saturated carbocycles. The average Bonchev–Trinajstić information content (AvgIpc) is 3.48. The number of hydrogen-bond acceptors (Lipinski definition) is 5. The van der Waals surface area contributed by atoms with Crippen molar-refractivity contribution in [2.75, 3.05) is 5.32 Å². The molecule has 1 fully saturated rings. The molecule has 1 aromatic heterocycles. The molecule has 160 valence electrons. The van der Waals surface area contributed by atoms with E-state index in [1.165, 1.54) is 0 Å². The average molecular weight is 419 g/mol. The summed E-state index contributed by atoms with van der Waals surface area (Å²) in [6.45, 7) is 5.69. The van der Waals surface area contributed by atoms with E-state index >= 15 is 0 Å². The van der Waals surface area contributed by atoms with Gasteiger partial charge >= 0.3 is 0 Å². The van der Waals surface area contributed by atoms with Gasteiger partial charge in [0.15, 0.2) is 5.82 Å². The van der Waals surface area contributed by atoms with Gasteiger partial charge in [0, 0.05) is 16.8 Å². The van der Waals surface area contributed by atoms with E-state index in [0.29, 0.717) is 23.1 Å². The minimum atomic E-state index is -0.674. The van der Waals surface area contributed by atoms with E-state index in [2.05, 4.69) is 26.2 Å². The smallest absolute Gasteiger partial charge is 0.252 e. The van der Waals surface area contributed by atoms with Gasteiger partial charge in [0.05, 0.1) is 6.04 Å². The summed E-state index contributed by atoms with van der Waals surface area (Å²) in [6.07, 6.45) is 2.15. The first-order valence-corrected chi connectivity index (χ1v) is 10.5. The summed E-state index contributed by atoms with van der Waals surface area (Å²) in [5.41, 5.74) is 2.89. The zero-order valence-electron chi connectivity index (χ0n) is 17.9. The number of aromatic nitrogens is 4. The Bertz CT molecular complexity index is 1100. The van der Waals surface area contributed by atoms with Crippen LogP contribution < -0.4 is 10.6 Å². The molecule has 1 aliphatic carbocycles. The molecule has 2 N–H and O–H groups in total. The molecule has 8 heteroatoms.